The molecule has 0 saturated heterocycles. The average molecular weight is 230 g/mol. The van der Waals surface area contributed by atoms with Crippen molar-refractivity contribution in [2.45, 2.75) is 13.8 Å². The van der Waals surface area contributed by atoms with E-state index in [-0.39, 0.29) is 11.4 Å². The van der Waals surface area contributed by atoms with Crippen LogP contribution in [0.4, 0.5) is 5.82 Å². The molecule has 2 rings (SSSR count). The molecule has 0 bridgehead atoms. The highest BCUT2D eigenvalue weighted by atomic mass is 16.1. The summed E-state index contributed by atoms with van der Waals surface area (Å²) in [7, 11) is 0. The molecule has 0 saturated carbocycles. The minimum absolute atomic E-state index is 0.242. The molecular formula is C12H14N4O. The summed E-state index contributed by atoms with van der Waals surface area (Å²) >= 11 is 0. The Morgan fingerprint density at radius 2 is 2.06 bits per heavy atom. The van der Waals surface area contributed by atoms with E-state index in [0.29, 0.717) is 0 Å². The summed E-state index contributed by atoms with van der Waals surface area (Å²) in [5.74, 6) is -0.301. The predicted molar refractivity (Wildman–Crippen MR) is 66.0 cm³/mol. The van der Waals surface area contributed by atoms with Crippen LogP contribution in [0.3, 0.4) is 0 Å². The summed E-state index contributed by atoms with van der Waals surface area (Å²) in [5, 5.41) is 4.10. The van der Waals surface area contributed by atoms with Gasteiger partial charge in [0.2, 0.25) is 0 Å². The highest BCUT2D eigenvalue weighted by Crippen LogP contribution is 2.20. The van der Waals surface area contributed by atoms with Crippen molar-refractivity contribution in [2.24, 2.45) is 5.73 Å². The third-order valence-electron chi connectivity index (χ3n) is 2.66. The molecule has 0 aliphatic rings. The maximum Gasteiger partial charge on any atom is 0.254 e. The summed E-state index contributed by atoms with van der Waals surface area (Å²) < 4.78 is 1.53. The summed E-state index contributed by atoms with van der Waals surface area (Å²) in [4.78, 5) is 11.1. The number of aryl methyl sites for hydroxylation is 2. The molecule has 2 aromatic rings. The van der Waals surface area contributed by atoms with Crippen molar-refractivity contribution in [1.82, 2.24) is 9.78 Å². The molecule has 0 fully saturated rings. The molecule has 1 aromatic heterocycles. The SMILES string of the molecule is Cc1ccc(C)c(-n2ncc(C(N)=O)c2N)c1. The number of nitrogen functional groups attached to an aromatic ring is 1. The molecule has 0 aliphatic carbocycles. The second kappa shape index (κ2) is 3.93. The van der Waals surface area contributed by atoms with Gasteiger partial charge in [-0.3, -0.25) is 4.79 Å². The van der Waals surface area contributed by atoms with Crippen LogP contribution in [0.25, 0.3) is 5.69 Å². The standard InChI is InChI=1S/C12H14N4O/c1-7-3-4-8(2)10(5-7)16-11(13)9(6-15-16)12(14)17/h3-6H,13H2,1-2H3,(H2,14,17). The van der Waals surface area contributed by atoms with Crippen LogP contribution in [0, 0.1) is 13.8 Å². The monoisotopic (exact) mass is 230 g/mol. The number of carbonyl (C=O) groups is 1. The lowest BCUT2D eigenvalue weighted by molar-refractivity contribution is 0.100. The van der Waals surface area contributed by atoms with Crippen LogP contribution in [0.5, 0.6) is 0 Å². The molecule has 5 nitrogen and oxygen atoms in total. The number of nitrogens with zero attached hydrogens (tertiary/aromatic N) is 2. The summed E-state index contributed by atoms with van der Waals surface area (Å²) in [6.07, 6.45) is 1.39. The van der Waals surface area contributed by atoms with Gasteiger partial charge < -0.3 is 11.5 Å². The quantitative estimate of drug-likeness (QED) is 0.811. The van der Waals surface area contributed by atoms with Gasteiger partial charge in [0, 0.05) is 0 Å². The number of anilines is 1. The Bertz CT molecular complexity index is 586. The van der Waals surface area contributed by atoms with Gasteiger partial charge in [-0.15, -0.1) is 0 Å². The Kier molecular flexibility index (Phi) is 2.59. The van der Waals surface area contributed by atoms with Crippen LogP contribution in [-0.4, -0.2) is 15.7 Å². The number of rotatable bonds is 2. The van der Waals surface area contributed by atoms with Gasteiger partial charge in [-0.25, -0.2) is 4.68 Å². The molecule has 0 radical (unpaired) electrons. The van der Waals surface area contributed by atoms with Crippen molar-refractivity contribution in [3.05, 3.63) is 41.1 Å². The number of nitrogens with two attached hydrogens (primary N) is 2. The Labute approximate surface area is 99.0 Å². The zero-order valence-electron chi connectivity index (χ0n) is 9.77. The number of aromatic nitrogens is 2. The largest absolute Gasteiger partial charge is 0.383 e. The number of hydrogen-bond acceptors (Lipinski definition) is 3. The smallest absolute Gasteiger partial charge is 0.254 e. The van der Waals surface area contributed by atoms with Crippen molar-refractivity contribution < 1.29 is 4.79 Å². The van der Waals surface area contributed by atoms with E-state index in [9.17, 15) is 4.79 Å². The topological polar surface area (TPSA) is 86.9 Å². The van der Waals surface area contributed by atoms with Gasteiger partial charge in [-0.1, -0.05) is 12.1 Å². The van der Waals surface area contributed by atoms with E-state index in [2.05, 4.69) is 5.10 Å². The van der Waals surface area contributed by atoms with Crippen molar-refractivity contribution in [3.63, 3.8) is 0 Å². The second-order valence-corrected chi connectivity index (χ2v) is 4.01. The Hall–Kier alpha value is -2.30. The van der Waals surface area contributed by atoms with Crippen LogP contribution in [0.1, 0.15) is 21.5 Å². The first-order chi connectivity index (χ1) is 8.00. The Morgan fingerprint density at radius 1 is 1.35 bits per heavy atom. The minimum atomic E-state index is -0.570. The fourth-order valence-corrected chi connectivity index (χ4v) is 1.69. The first kappa shape index (κ1) is 11.2. The molecule has 1 aromatic carbocycles. The lowest BCUT2D eigenvalue weighted by Gasteiger charge is -2.09. The normalized spacial score (nSPS) is 10.5. The minimum Gasteiger partial charge on any atom is -0.383 e. The van der Waals surface area contributed by atoms with E-state index in [4.69, 9.17) is 11.5 Å². The van der Waals surface area contributed by atoms with Gasteiger partial charge in [0.25, 0.3) is 5.91 Å². The van der Waals surface area contributed by atoms with Gasteiger partial charge in [-0.05, 0) is 31.0 Å². The number of primary amides is 1. The van der Waals surface area contributed by atoms with Crippen molar-refractivity contribution in [1.29, 1.82) is 0 Å². The van der Waals surface area contributed by atoms with Gasteiger partial charge in [0.15, 0.2) is 0 Å². The fraction of sp³-hybridized carbons (Fsp3) is 0.167. The van der Waals surface area contributed by atoms with Gasteiger partial charge >= 0.3 is 0 Å². The third-order valence-corrected chi connectivity index (χ3v) is 2.66. The summed E-state index contributed by atoms with van der Waals surface area (Å²) in [6, 6.07) is 5.95. The molecule has 5 heteroatoms. The molecule has 88 valence electrons. The van der Waals surface area contributed by atoms with E-state index in [1.165, 1.54) is 10.9 Å². The van der Waals surface area contributed by atoms with Crippen molar-refractivity contribution >= 4 is 11.7 Å². The molecular weight excluding hydrogens is 216 g/mol. The summed E-state index contributed by atoms with van der Waals surface area (Å²) in [6.45, 7) is 3.94. The van der Waals surface area contributed by atoms with Crippen LogP contribution < -0.4 is 11.5 Å². The molecule has 17 heavy (non-hydrogen) atoms. The number of carbonyl (C=O) groups excluding carboxylic acids is 1. The lowest BCUT2D eigenvalue weighted by Crippen LogP contribution is -2.13. The third kappa shape index (κ3) is 1.87. The Balaban J connectivity index is 2.61. The highest BCUT2D eigenvalue weighted by Gasteiger charge is 2.14. The molecule has 0 spiro atoms. The van der Waals surface area contributed by atoms with Crippen molar-refractivity contribution in [2.75, 3.05) is 5.73 Å². The molecule has 1 amide bonds. The Morgan fingerprint density at radius 3 is 2.65 bits per heavy atom. The van der Waals surface area contributed by atoms with E-state index in [0.717, 1.165) is 16.8 Å². The molecule has 0 unspecified atom stereocenters. The molecule has 0 aliphatic heterocycles. The number of hydrogen-bond donors (Lipinski definition) is 2. The number of amides is 1. The molecule has 0 atom stereocenters. The van der Waals surface area contributed by atoms with E-state index < -0.39 is 5.91 Å². The van der Waals surface area contributed by atoms with Crippen LogP contribution >= 0.6 is 0 Å². The van der Waals surface area contributed by atoms with E-state index in [1.54, 1.807) is 0 Å². The fourth-order valence-electron chi connectivity index (χ4n) is 1.69. The lowest BCUT2D eigenvalue weighted by atomic mass is 10.1. The summed E-state index contributed by atoms with van der Waals surface area (Å²) in [5.41, 5.74) is 14.3. The van der Waals surface area contributed by atoms with Crippen LogP contribution in [-0.2, 0) is 0 Å². The van der Waals surface area contributed by atoms with E-state index >= 15 is 0 Å². The first-order valence-electron chi connectivity index (χ1n) is 5.21. The first-order valence-corrected chi connectivity index (χ1v) is 5.21. The van der Waals surface area contributed by atoms with Crippen LogP contribution in [0.2, 0.25) is 0 Å². The average Bonchev–Trinajstić information content (AvgIpc) is 2.64. The molecule has 1 heterocycles. The number of benzene rings is 1. The zero-order valence-corrected chi connectivity index (χ0v) is 9.77. The predicted octanol–water partition coefficient (Wildman–Crippen LogP) is 1.17. The van der Waals surface area contributed by atoms with Gasteiger partial charge in [0.05, 0.1) is 11.9 Å². The van der Waals surface area contributed by atoms with E-state index in [1.807, 2.05) is 32.0 Å². The zero-order chi connectivity index (χ0) is 12.6. The van der Waals surface area contributed by atoms with Crippen LogP contribution in [0.15, 0.2) is 24.4 Å². The second-order valence-electron chi connectivity index (χ2n) is 4.01. The maximum absolute atomic E-state index is 11.1. The van der Waals surface area contributed by atoms with Gasteiger partial charge in [0.1, 0.15) is 11.4 Å². The highest BCUT2D eigenvalue weighted by molar-refractivity contribution is 5.97. The molecule has 4 N–H and O–H groups in total. The van der Waals surface area contributed by atoms with Gasteiger partial charge in [-0.2, -0.15) is 5.10 Å². The maximum atomic E-state index is 11.1. The van der Waals surface area contributed by atoms with Crippen molar-refractivity contribution in [3.8, 4) is 5.69 Å².